The summed E-state index contributed by atoms with van der Waals surface area (Å²) in [5, 5.41) is 0. The lowest BCUT2D eigenvalue weighted by atomic mass is 10.00. The molecule has 0 bridgehead atoms. The highest BCUT2D eigenvalue weighted by atomic mass is 19.3. The Morgan fingerprint density at radius 3 is 1.94 bits per heavy atom. The van der Waals surface area contributed by atoms with Crippen molar-refractivity contribution in [3.8, 4) is 16.9 Å². The first-order valence-corrected chi connectivity index (χ1v) is 9.82. The number of hydrogen-bond donors (Lipinski definition) is 0. The third kappa shape index (κ3) is 5.40. The second-order valence-electron chi connectivity index (χ2n) is 7.17. The molecule has 31 heavy (non-hydrogen) atoms. The summed E-state index contributed by atoms with van der Waals surface area (Å²) in [6, 6.07) is 11.0. The van der Waals surface area contributed by atoms with Gasteiger partial charge in [-0.25, -0.2) is 17.6 Å². The molecule has 0 saturated heterocycles. The van der Waals surface area contributed by atoms with Gasteiger partial charge in [0.1, 0.15) is 11.6 Å². The van der Waals surface area contributed by atoms with Crippen LogP contribution in [0.4, 0.5) is 26.3 Å². The fourth-order valence-electron chi connectivity index (χ4n) is 3.17. The number of benzene rings is 3. The van der Waals surface area contributed by atoms with Gasteiger partial charge in [-0.15, -0.1) is 0 Å². The predicted molar refractivity (Wildman–Crippen MR) is 106 cm³/mol. The summed E-state index contributed by atoms with van der Waals surface area (Å²) in [6.07, 6.45) is -0.000862. The Morgan fingerprint density at radius 2 is 1.35 bits per heavy atom. The average molecular weight is 438 g/mol. The highest BCUT2D eigenvalue weighted by molar-refractivity contribution is 5.64. The molecule has 0 aliphatic rings. The Balaban J connectivity index is 1.79. The Morgan fingerprint density at radius 1 is 0.742 bits per heavy atom. The summed E-state index contributed by atoms with van der Waals surface area (Å²) in [5.74, 6) is -7.43. The van der Waals surface area contributed by atoms with Crippen LogP contribution in [0.15, 0.2) is 54.6 Å². The van der Waals surface area contributed by atoms with Crippen LogP contribution < -0.4 is 4.74 Å². The van der Waals surface area contributed by atoms with Crippen LogP contribution in [0.5, 0.6) is 5.75 Å². The van der Waals surface area contributed by atoms with Gasteiger partial charge in [-0.3, -0.25) is 0 Å². The van der Waals surface area contributed by atoms with Crippen molar-refractivity contribution in [3.63, 3.8) is 0 Å². The number of rotatable bonds is 8. The van der Waals surface area contributed by atoms with E-state index >= 15 is 0 Å². The standard InChI is InChI=1S/C24H20F6O/c1-2-3-4-5-15-6-8-16(9-7-15)17-10-11-19(20(25)12-17)24(29,30)31-18-13-21(26)23(28)22(27)14-18/h6-14H,2-5H2,1H3. The van der Waals surface area contributed by atoms with Gasteiger partial charge in [0.2, 0.25) is 0 Å². The van der Waals surface area contributed by atoms with Crippen molar-refractivity contribution in [2.24, 2.45) is 0 Å². The first-order chi connectivity index (χ1) is 14.7. The van der Waals surface area contributed by atoms with E-state index in [0.717, 1.165) is 43.4 Å². The second-order valence-corrected chi connectivity index (χ2v) is 7.17. The quantitative estimate of drug-likeness (QED) is 0.198. The van der Waals surface area contributed by atoms with Gasteiger partial charge in [-0.1, -0.05) is 50.1 Å². The molecule has 0 radical (unpaired) electrons. The van der Waals surface area contributed by atoms with Crippen LogP contribution in [0.2, 0.25) is 0 Å². The molecule has 0 atom stereocenters. The normalized spacial score (nSPS) is 11.6. The third-order valence-electron chi connectivity index (χ3n) is 4.84. The molecule has 0 aliphatic carbocycles. The molecule has 0 saturated carbocycles. The zero-order valence-corrected chi connectivity index (χ0v) is 16.7. The first-order valence-electron chi connectivity index (χ1n) is 9.82. The fourth-order valence-corrected chi connectivity index (χ4v) is 3.17. The largest absolute Gasteiger partial charge is 0.429 e. The lowest BCUT2D eigenvalue weighted by Crippen LogP contribution is -2.23. The number of ether oxygens (including phenoxy) is 1. The predicted octanol–water partition coefficient (Wildman–Crippen LogP) is 7.77. The minimum Gasteiger partial charge on any atom is -0.429 e. The molecule has 0 aromatic heterocycles. The van der Waals surface area contributed by atoms with Gasteiger partial charge in [-0.05, 0) is 41.7 Å². The van der Waals surface area contributed by atoms with Crippen LogP contribution in [0.25, 0.3) is 11.1 Å². The van der Waals surface area contributed by atoms with Crippen molar-refractivity contribution < 1.29 is 31.1 Å². The Bertz CT molecular complexity index is 1020. The number of hydrogen-bond acceptors (Lipinski definition) is 1. The summed E-state index contributed by atoms with van der Waals surface area (Å²) in [7, 11) is 0. The molecule has 0 unspecified atom stereocenters. The molecule has 0 heterocycles. The van der Waals surface area contributed by atoms with Crippen LogP contribution in [-0.4, -0.2) is 0 Å². The molecular formula is C24H20F6O. The highest BCUT2D eigenvalue weighted by Crippen LogP contribution is 2.35. The van der Waals surface area contributed by atoms with Crippen molar-refractivity contribution in [1.82, 2.24) is 0 Å². The molecule has 3 aromatic rings. The van der Waals surface area contributed by atoms with Crippen molar-refractivity contribution >= 4 is 0 Å². The number of unbranched alkanes of at least 4 members (excludes halogenated alkanes) is 2. The third-order valence-corrected chi connectivity index (χ3v) is 4.84. The smallest absolute Gasteiger partial charge is 0.429 e. The summed E-state index contributed by atoms with van der Waals surface area (Å²) in [4.78, 5) is 0. The van der Waals surface area contributed by atoms with E-state index in [0.29, 0.717) is 11.1 Å². The molecule has 0 amide bonds. The number of halogens is 6. The van der Waals surface area contributed by atoms with Crippen molar-refractivity contribution in [2.45, 2.75) is 38.7 Å². The molecule has 0 spiro atoms. The van der Waals surface area contributed by atoms with Gasteiger partial charge >= 0.3 is 6.11 Å². The summed E-state index contributed by atoms with van der Waals surface area (Å²) >= 11 is 0. The first kappa shape index (κ1) is 22.7. The zero-order valence-electron chi connectivity index (χ0n) is 16.7. The minimum atomic E-state index is -4.23. The van der Waals surface area contributed by atoms with Crippen LogP contribution in [0.3, 0.4) is 0 Å². The van der Waals surface area contributed by atoms with E-state index in [4.69, 9.17) is 0 Å². The van der Waals surface area contributed by atoms with E-state index in [1.165, 1.54) is 6.07 Å². The van der Waals surface area contributed by atoms with E-state index < -0.39 is 40.7 Å². The monoisotopic (exact) mass is 438 g/mol. The van der Waals surface area contributed by atoms with Gasteiger partial charge in [0.25, 0.3) is 0 Å². The molecule has 1 nitrogen and oxygen atoms in total. The van der Waals surface area contributed by atoms with E-state index in [1.807, 2.05) is 12.1 Å². The number of aryl methyl sites for hydroxylation is 1. The lowest BCUT2D eigenvalue weighted by Gasteiger charge is -2.19. The summed E-state index contributed by atoms with van der Waals surface area (Å²) in [5.41, 5.74) is 1.05. The van der Waals surface area contributed by atoms with E-state index in [2.05, 4.69) is 11.7 Å². The van der Waals surface area contributed by atoms with Crippen molar-refractivity contribution in [1.29, 1.82) is 0 Å². The molecule has 164 valence electrons. The topological polar surface area (TPSA) is 9.23 Å². The lowest BCUT2D eigenvalue weighted by molar-refractivity contribution is -0.187. The van der Waals surface area contributed by atoms with E-state index in [1.54, 1.807) is 12.1 Å². The van der Waals surface area contributed by atoms with Gasteiger partial charge in [0.05, 0.1) is 5.56 Å². The zero-order chi connectivity index (χ0) is 22.6. The maximum Gasteiger partial charge on any atom is 0.429 e. The molecule has 0 aliphatic heterocycles. The van der Waals surface area contributed by atoms with Crippen molar-refractivity contribution in [2.75, 3.05) is 0 Å². The van der Waals surface area contributed by atoms with Gasteiger partial charge < -0.3 is 4.74 Å². The highest BCUT2D eigenvalue weighted by Gasteiger charge is 2.38. The Hall–Kier alpha value is -2.96. The van der Waals surface area contributed by atoms with Gasteiger partial charge in [0.15, 0.2) is 17.5 Å². The maximum atomic E-state index is 14.5. The van der Waals surface area contributed by atoms with Crippen LogP contribution >= 0.6 is 0 Å². The Labute approximate surface area is 176 Å². The molecular weight excluding hydrogens is 418 g/mol. The average Bonchev–Trinajstić information content (AvgIpc) is 2.72. The SMILES string of the molecule is CCCCCc1ccc(-c2ccc(C(F)(F)Oc3cc(F)c(F)c(F)c3)c(F)c2)cc1. The van der Waals surface area contributed by atoms with Gasteiger partial charge in [0, 0.05) is 12.1 Å². The second kappa shape index (κ2) is 9.45. The van der Waals surface area contributed by atoms with Crippen LogP contribution in [0, 0.1) is 23.3 Å². The molecule has 0 N–H and O–H groups in total. The Kier molecular flexibility index (Phi) is 6.93. The molecule has 0 fully saturated rings. The molecule has 3 rings (SSSR count). The summed E-state index contributed by atoms with van der Waals surface area (Å²) in [6.45, 7) is 2.12. The minimum absolute atomic E-state index is 0.265. The van der Waals surface area contributed by atoms with E-state index in [-0.39, 0.29) is 12.1 Å². The molecule has 7 heteroatoms. The maximum absolute atomic E-state index is 14.5. The van der Waals surface area contributed by atoms with Crippen LogP contribution in [-0.2, 0) is 12.5 Å². The van der Waals surface area contributed by atoms with E-state index in [9.17, 15) is 26.3 Å². The van der Waals surface area contributed by atoms with Crippen LogP contribution in [0.1, 0.15) is 37.3 Å². The van der Waals surface area contributed by atoms with Gasteiger partial charge in [-0.2, -0.15) is 8.78 Å². The molecule has 3 aromatic carbocycles. The number of alkyl halides is 2. The van der Waals surface area contributed by atoms with Crippen molar-refractivity contribution in [3.05, 3.63) is 89.0 Å². The fraction of sp³-hybridized carbons (Fsp3) is 0.250. The summed E-state index contributed by atoms with van der Waals surface area (Å²) < 4.78 is 87.0.